The molecule has 0 bridgehead atoms. The zero-order valence-electron chi connectivity index (χ0n) is 16.3. The van der Waals surface area contributed by atoms with Gasteiger partial charge in [-0.2, -0.15) is 0 Å². The summed E-state index contributed by atoms with van der Waals surface area (Å²) >= 11 is 0. The molecule has 0 spiro atoms. The SMILES string of the molecule is COc1ccc(C(=O)[C@H](C)OC(=O)COc2ccc3c(C)cc(=O)oc3c2)cc1. The molecule has 0 saturated heterocycles. The van der Waals surface area contributed by atoms with Crippen LogP contribution in [0.3, 0.4) is 0 Å². The number of esters is 1. The molecule has 0 saturated carbocycles. The van der Waals surface area contributed by atoms with E-state index in [1.807, 2.05) is 0 Å². The Kier molecular flexibility index (Phi) is 5.97. The summed E-state index contributed by atoms with van der Waals surface area (Å²) < 4.78 is 20.8. The van der Waals surface area contributed by atoms with Crippen molar-refractivity contribution in [2.75, 3.05) is 13.7 Å². The van der Waals surface area contributed by atoms with Crippen LogP contribution in [0.1, 0.15) is 22.8 Å². The van der Waals surface area contributed by atoms with Crippen LogP contribution < -0.4 is 15.1 Å². The molecule has 3 rings (SSSR count). The van der Waals surface area contributed by atoms with Gasteiger partial charge >= 0.3 is 11.6 Å². The number of ketones is 1. The second-order valence-corrected chi connectivity index (χ2v) is 6.42. The Hall–Kier alpha value is -3.61. The largest absolute Gasteiger partial charge is 0.497 e. The second-order valence-electron chi connectivity index (χ2n) is 6.42. The molecule has 0 aliphatic rings. The summed E-state index contributed by atoms with van der Waals surface area (Å²) in [6.45, 7) is 2.91. The zero-order valence-corrected chi connectivity index (χ0v) is 16.3. The van der Waals surface area contributed by atoms with Crippen molar-refractivity contribution in [3.8, 4) is 11.5 Å². The molecule has 0 fully saturated rings. The standard InChI is InChI=1S/C22H20O7/c1-13-10-20(23)29-19-11-17(8-9-18(13)19)27-12-21(24)28-14(2)22(25)15-4-6-16(26-3)7-5-15/h4-11,14H,12H2,1-3H3/t14-/m0/s1. The second kappa shape index (κ2) is 8.60. The minimum Gasteiger partial charge on any atom is -0.497 e. The van der Waals surface area contributed by atoms with Crippen LogP contribution in [0, 0.1) is 6.92 Å². The van der Waals surface area contributed by atoms with Crippen LogP contribution in [-0.2, 0) is 9.53 Å². The summed E-state index contributed by atoms with van der Waals surface area (Å²) in [4.78, 5) is 35.9. The zero-order chi connectivity index (χ0) is 21.0. The maximum Gasteiger partial charge on any atom is 0.344 e. The highest BCUT2D eigenvalue weighted by molar-refractivity contribution is 6.00. The third-order valence-electron chi connectivity index (χ3n) is 4.33. The topological polar surface area (TPSA) is 92.0 Å². The van der Waals surface area contributed by atoms with E-state index in [9.17, 15) is 14.4 Å². The predicted molar refractivity (Wildman–Crippen MR) is 106 cm³/mol. The van der Waals surface area contributed by atoms with E-state index in [1.54, 1.807) is 43.3 Å². The highest BCUT2D eigenvalue weighted by Gasteiger charge is 2.20. The van der Waals surface area contributed by atoms with Gasteiger partial charge in [-0.3, -0.25) is 4.79 Å². The van der Waals surface area contributed by atoms with Gasteiger partial charge in [0.1, 0.15) is 17.1 Å². The monoisotopic (exact) mass is 396 g/mol. The Morgan fingerprint density at radius 3 is 2.41 bits per heavy atom. The van der Waals surface area contributed by atoms with E-state index in [2.05, 4.69) is 0 Å². The lowest BCUT2D eigenvalue weighted by Crippen LogP contribution is -2.27. The lowest BCUT2D eigenvalue weighted by molar-refractivity contribution is -0.148. The molecule has 2 aromatic carbocycles. The molecule has 3 aromatic rings. The first-order chi connectivity index (χ1) is 13.9. The molecule has 7 heteroatoms. The van der Waals surface area contributed by atoms with Gasteiger partial charge in [-0.15, -0.1) is 0 Å². The van der Waals surface area contributed by atoms with Gasteiger partial charge in [0.25, 0.3) is 0 Å². The fraction of sp³-hybridized carbons (Fsp3) is 0.227. The molecule has 0 amide bonds. The van der Waals surface area contributed by atoms with Gasteiger partial charge in [0.05, 0.1) is 7.11 Å². The molecule has 0 unspecified atom stereocenters. The number of carbonyl (C=O) groups excluding carboxylic acids is 2. The molecule has 1 heterocycles. The quantitative estimate of drug-likeness (QED) is 0.344. The van der Waals surface area contributed by atoms with Crippen LogP contribution in [0.4, 0.5) is 0 Å². The number of rotatable bonds is 7. The summed E-state index contributed by atoms with van der Waals surface area (Å²) in [5.41, 5.74) is 1.10. The van der Waals surface area contributed by atoms with Gasteiger partial charge in [0, 0.05) is 23.1 Å². The first kappa shape index (κ1) is 20.1. The number of ether oxygens (including phenoxy) is 3. The average Bonchev–Trinajstić information content (AvgIpc) is 2.71. The molecule has 150 valence electrons. The number of benzene rings is 2. The summed E-state index contributed by atoms with van der Waals surface area (Å²) in [7, 11) is 1.53. The van der Waals surface area contributed by atoms with E-state index in [4.69, 9.17) is 18.6 Å². The number of hydrogen-bond acceptors (Lipinski definition) is 7. The Morgan fingerprint density at radius 1 is 1.03 bits per heavy atom. The Morgan fingerprint density at radius 2 is 1.72 bits per heavy atom. The Bertz CT molecular complexity index is 1100. The van der Waals surface area contributed by atoms with Crippen LogP contribution in [0.15, 0.2) is 57.7 Å². The highest BCUT2D eigenvalue weighted by Crippen LogP contribution is 2.22. The fourth-order valence-corrected chi connectivity index (χ4v) is 2.81. The van der Waals surface area contributed by atoms with Gasteiger partial charge in [0.2, 0.25) is 5.78 Å². The lowest BCUT2D eigenvalue weighted by atomic mass is 10.1. The molecule has 0 radical (unpaired) electrons. The van der Waals surface area contributed by atoms with Gasteiger partial charge in [0.15, 0.2) is 12.7 Å². The maximum atomic E-state index is 12.4. The van der Waals surface area contributed by atoms with Crippen molar-refractivity contribution in [2.45, 2.75) is 20.0 Å². The number of hydrogen-bond donors (Lipinski definition) is 0. The van der Waals surface area contributed by atoms with E-state index in [-0.39, 0.29) is 12.4 Å². The minimum absolute atomic E-state index is 0.330. The Balaban J connectivity index is 1.59. The number of carbonyl (C=O) groups is 2. The summed E-state index contributed by atoms with van der Waals surface area (Å²) in [6, 6.07) is 12.9. The number of fused-ring (bicyclic) bond motifs is 1. The number of Topliss-reactive ketones (excluding diaryl/α,β-unsaturated/α-hetero) is 1. The van der Waals surface area contributed by atoms with Crippen LogP contribution in [0.5, 0.6) is 11.5 Å². The van der Waals surface area contributed by atoms with Gasteiger partial charge in [-0.25, -0.2) is 9.59 Å². The lowest BCUT2D eigenvalue weighted by Gasteiger charge is -2.13. The van der Waals surface area contributed by atoms with Gasteiger partial charge < -0.3 is 18.6 Å². The van der Waals surface area contributed by atoms with Crippen molar-refractivity contribution in [3.05, 3.63) is 70.1 Å². The number of methoxy groups -OCH3 is 1. The molecule has 1 atom stereocenters. The summed E-state index contributed by atoms with van der Waals surface area (Å²) in [6.07, 6.45) is -0.961. The normalized spacial score (nSPS) is 11.7. The third kappa shape index (κ3) is 4.82. The van der Waals surface area contributed by atoms with Crippen LogP contribution in [0.2, 0.25) is 0 Å². The molecular weight excluding hydrogens is 376 g/mol. The molecule has 0 aliphatic heterocycles. The van der Waals surface area contributed by atoms with Gasteiger partial charge in [-0.05, 0) is 55.8 Å². The molecule has 0 aliphatic carbocycles. The molecular formula is C22H20O7. The smallest absolute Gasteiger partial charge is 0.344 e. The van der Waals surface area contributed by atoms with E-state index < -0.39 is 17.7 Å². The Labute approximate surface area is 166 Å². The van der Waals surface area contributed by atoms with Crippen molar-refractivity contribution in [2.24, 2.45) is 0 Å². The van der Waals surface area contributed by atoms with Gasteiger partial charge in [-0.1, -0.05) is 0 Å². The van der Waals surface area contributed by atoms with Crippen LogP contribution in [-0.4, -0.2) is 31.6 Å². The predicted octanol–water partition coefficient (Wildman–Crippen LogP) is 3.30. The van der Waals surface area contributed by atoms with E-state index in [0.717, 1.165) is 10.9 Å². The van der Waals surface area contributed by atoms with E-state index in [0.29, 0.717) is 22.6 Å². The molecule has 7 nitrogen and oxygen atoms in total. The molecule has 0 N–H and O–H groups in total. The van der Waals surface area contributed by atoms with Crippen molar-refractivity contribution >= 4 is 22.7 Å². The average molecular weight is 396 g/mol. The highest BCUT2D eigenvalue weighted by atomic mass is 16.6. The maximum absolute atomic E-state index is 12.4. The van der Waals surface area contributed by atoms with Crippen molar-refractivity contribution < 1.29 is 28.2 Å². The third-order valence-corrected chi connectivity index (χ3v) is 4.33. The number of aryl methyl sites for hydroxylation is 1. The van der Waals surface area contributed by atoms with Crippen molar-refractivity contribution in [1.29, 1.82) is 0 Å². The summed E-state index contributed by atoms with van der Waals surface area (Å²) in [5.74, 6) is -0.0487. The fourth-order valence-electron chi connectivity index (χ4n) is 2.81. The van der Waals surface area contributed by atoms with E-state index in [1.165, 1.54) is 26.2 Å². The molecule has 29 heavy (non-hydrogen) atoms. The van der Waals surface area contributed by atoms with E-state index >= 15 is 0 Å². The summed E-state index contributed by atoms with van der Waals surface area (Å²) in [5, 5.41) is 0.776. The van der Waals surface area contributed by atoms with Crippen molar-refractivity contribution in [1.82, 2.24) is 0 Å². The first-order valence-corrected chi connectivity index (χ1v) is 8.92. The van der Waals surface area contributed by atoms with Crippen molar-refractivity contribution in [3.63, 3.8) is 0 Å². The van der Waals surface area contributed by atoms with Crippen LogP contribution >= 0.6 is 0 Å². The first-order valence-electron chi connectivity index (χ1n) is 8.92. The molecule has 1 aromatic heterocycles. The minimum atomic E-state index is -0.961. The van der Waals surface area contributed by atoms with Crippen LogP contribution in [0.25, 0.3) is 11.0 Å².